The molecule has 2 heterocycles. The van der Waals surface area contributed by atoms with Gasteiger partial charge in [0.2, 0.25) is 0 Å². The van der Waals surface area contributed by atoms with E-state index in [1.165, 1.54) is 24.3 Å². The second-order valence-corrected chi connectivity index (χ2v) is 8.77. The van der Waals surface area contributed by atoms with Crippen molar-refractivity contribution in [1.29, 1.82) is 0 Å². The number of benzene rings is 2. The molecule has 1 aromatic heterocycles. The number of hydrogen-bond acceptors (Lipinski definition) is 4. The molecule has 2 N–H and O–H groups in total. The van der Waals surface area contributed by atoms with Gasteiger partial charge in [-0.25, -0.2) is 9.18 Å². The Morgan fingerprint density at radius 2 is 1.79 bits per heavy atom. The fourth-order valence-corrected chi connectivity index (χ4v) is 4.00. The normalized spacial score (nSPS) is 17.0. The summed E-state index contributed by atoms with van der Waals surface area (Å²) in [5, 5.41) is 4.20. The molecule has 33 heavy (non-hydrogen) atoms. The molecule has 1 aliphatic heterocycles. The molecule has 0 spiro atoms. The largest absolute Gasteiger partial charge is 0.350 e. The third-order valence-electron chi connectivity index (χ3n) is 5.90. The van der Waals surface area contributed by atoms with E-state index < -0.39 is 5.79 Å². The number of amides is 2. The van der Waals surface area contributed by atoms with E-state index in [9.17, 15) is 14.0 Å². The number of carbonyl (C=O) groups is 1. The second-order valence-electron chi connectivity index (χ2n) is 8.77. The summed E-state index contributed by atoms with van der Waals surface area (Å²) < 4.78 is 24.9. The molecule has 2 aromatic carbocycles. The Kier molecular flexibility index (Phi) is 6.49. The number of aromatic amines is 1. The van der Waals surface area contributed by atoms with Gasteiger partial charge in [0.1, 0.15) is 5.82 Å². The lowest BCUT2D eigenvalue weighted by molar-refractivity contribution is -0.263. The van der Waals surface area contributed by atoms with Crippen molar-refractivity contribution in [2.45, 2.75) is 32.6 Å². The maximum atomic E-state index is 13.4. The zero-order valence-electron chi connectivity index (χ0n) is 18.9. The van der Waals surface area contributed by atoms with Crippen LogP contribution in [0, 0.1) is 11.7 Å². The number of pyridine rings is 1. The number of aromatic nitrogens is 1. The Bertz CT molecular complexity index is 1180. The summed E-state index contributed by atoms with van der Waals surface area (Å²) in [6.45, 7) is 6.91. The first-order valence-electron chi connectivity index (χ1n) is 10.9. The van der Waals surface area contributed by atoms with Crippen LogP contribution in [-0.4, -0.2) is 41.5 Å². The molecule has 2 amide bonds. The number of rotatable bonds is 5. The molecule has 4 rings (SSSR count). The predicted octanol–water partition coefficient (Wildman–Crippen LogP) is 4.66. The Morgan fingerprint density at radius 1 is 1.15 bits per heavy atom. The lowest BCUT2D eigenvalue weighted by atomic mass is 10.00. The average molecular weight is 454 g/mol. The summed E-state index contributed by atoms with van der Waals surface area (Å²) in [7, 11) is 0. The Balaban J connectivity index is 1.64. The van der Waals surface area contributed by atoms with Gasteiger partial charge in [-0.05, 0) is 62.1 Å². The summed E-state index contributed by atoms with van der Waals surface area (Å²) in [6.07, 6.45) is 1.66. The first-order chi connectivity index (χ1) is 15.7. The van der Waals surface area contributed by atoms with E-state index in [1.54, 1.807) is 17.2 Å². The number of carbonyl (C=O) groups excluding carboxylic acids is 1. The molecule has 8 heteroatoms. The minimum absolute atomic E-state index is 0.0338. The van der Waals surface area contributed by atoms with Crippen molar-refractivity contribution < 1.29 is 18.7 Å². The number of H-pyrrole nitrogens is 1. The van der Waals surface area contributed by atoms with Crippen LogP contribution in [0.2, 0.25) is 0 Å². The maximum absolute atomic E-state index is 13.4. The van der Waals surface area contributed by atoms with Gasteiger partial charge in [-0.2, -0.15) is 0 Å². The topological polar surface area (TPSA) is 83.7 Å². The summed E-state index contributed by atoms with van der Waals surface area (Å²) in [5.74, 6) is -1.07. The number of ether oxygens (including phenoxy) is 2. The van der Waals surface area contributed by atoms with Crippen LogP contribution in [0.15, 0.2) is 59.5 Å². The van der Waals surface area contributed by atoms with E-state index in [1.807, 2.05) is 39.0 Å². The summed E-state index contributed by atoms with van der Waals surface area (Å²) in [5.41, 5.74) is 1.12. The number of nitrogens with zero attached hydrogens (tertiary/aromatic N) is 1. The Labute approximate surface area is 191 Å². The van der Waals surface area contributed by atoms with E-state index in [0.29, 0.717) is 30.8 Å². The van der Waals surface area contributed by atoms with Crippen LogP contribution in [0.3, 0.4) is 0 Å². The summed E-state index contributed by atoms with van der Waals surface area (Å²) >= 11 is 0. The molecule has 0 bridgehead atoms. The number of anilines is 1. The van der Waals surface area contributed by atoms with Crippen LogP contribution < -0.4 is 10.9 Å². The van der Waals surface area contributed by atoms with Crippen molar-refractivity contribution in [1.82, 2.24) is 9.88 Å². The Hall–Kier alpha value is -3.23. The maximum Gasteiger partial charge on any atom is 0.322 e. The first-order valence-corrected chi connectivity index (χ1v) is 10.9. The molecule has 3 aromatic rings. The van der Waals surface area contributed by atoms with Gasteiger partial charge in [0.05, 0.1) is 19.3 Å². The van der Waals surface area contributed by atoms with Gasteiger partial charge in [-0.15, -0.1) is 0 Å². The quantitative estimate of drug-likeness (QED) is 0.589. The molecule has 1 aliphatic rings. The van der Waals surface area contributed by atoms with Crippen molar-refractivity contribution >= 4 is 22.5 Å². The number of urea groups is 1. The minimum Gasteiger partial charge on any atom is -0.350 e. The first kappa shape index (κ1) is 22.9. The molecule has 0 unspecified atom stereocenters. The van der Waals surface area contributed by atoms with Crippen molar-refractivity contribution in [2.24, 2.45) is 5.92 Å². The molecular formula is C25H28FN3O4. The van der Waals surface area contributed by atoms with Crippen molar-refractivity contribution in [3.8, 4) is 0 Å². The van der Waals surface area contributed by atoms with Crippen LogP contribution in [0.25, 0.3) is 10.8 Å². The molecule has 7 nitrogen and oxygen atoms in total. The van der Waals surface area contributed by atoms with Crippen LogP contribution in [0.5, 0.6) is 0 Å². The van der Waals surface area contributed by atoms with Gasteiger partial charge in [-0.1, -0.05) is 18.2 Å². The number of nitrogens with one attached hydrogen (secondary N) is 2. The van der Waals surface area contributed by atoms with Crippen molar-refractivity contribution in [3.63, 3.8) is 0 Å². The van der Waals surface area contributed by atoms with E-state index in [2.05, 4.69) is 10.3 Å². The van der Waals surface area contributed by atoms with Gasteiger partial charge in [0, 0.05) is 29.7 Å². The molecular weight excluding hydrogens is 425 g/mol. The standard InChI is InChI=1S/C25H28FN3O4/c1-16(22-12-27-23(30)21-7-5-4-6-20(21)22)29(13-17-14-32-25(2,3)33-15-17)24(31)28-19-10-8-18(26)9-11-19/h4-12,16-17H,13-15H2,1-3H3,(H,27,30)(H,28,31)/t16-/m1/s1. The third-order valence-corrected chi connectivity index (χ3v) is 5.90. The smallest absolute Gasteiger partial charge is 0.322 e. The molecule has 1 saturated heterocycles. The highest BCUT2D eigenvalue weighted by Gasteiger charge is 2.32. The van der Waals surface area contributed by atoms with E-state index in [-0.39, 0.29) is 29.4 Å². The number of hydrogen-bond donors (Lipinski definition) is 2. The van der Waals surface area contributed by atoms with Crippen LogP contribution in [0.1, 0.15) is 32.4 Å². The zero-order chi connectivity index (χ0) is 23.6. The van der Waals surface area contributed by atoms with Gasteiger partial charge in [-0.3, -0.25) is 4.79 Å². The van der Waals surface area contributed by atoms with Crippen LogP contribution in [-0.2, 0) is 9.47 Å². The van der Waals surface area contributed by atoms with Crippen LogP contribution in [0.4, 0.5) is 14.9 Å². The van der Waals surface area contributed by atoms with E-state index in [4.69, 9.17) is 9.47 Å². The number of fused-ring (bicyclic) bond motifs is 1. The van der Waals surface area contributed by atoms with Crippen molar-refractivity contribution in [2.75, 3.05) is 25.1 Å². The van der Waals surface area contributed by atoms with Gasteiger partial charge in [0.15, 0.2) is 5.79 Å². The highest BCUT2D eigenvalue weighted by atomic mass is 19.1. The molecule has 0 saturated carbocycles. The zero-order valence-corrected chi connectivity index (χ0v) is 18.9. The SMILES string of the molecule is C[C@H](c1c[nH]c(=O)c2ccccc12)N(CC1COC(C)(C)OC1)C(=O)Nc1ccc(F)cc1. The summed E-state index contributed by atoms with van der Waals surface area (Å²) in [4.78, 5) is 30.2. The van der Waals surface area contributed by atoms with E-state index in [0.717, 1.165) is 10.9 Å². The van der Waals surface area contributed by atoms with Gasteiger partial charge >= 0.3 is 6.03 Å². The molecule has 174 valence electrons. The lowest BCUT2D eigenvalue weighted by Crippen LogP contribution is -2.47. The van der Waals surface area contributed by atoms with E-state index >= 15 is 0 Å². The number of halogens is 1. The fourth-order valence-electron chi connectivity index (χ4n) is 4.00. The third kappa shape index (κ3) is 5.23. The second kappa shape index (κ2) is 9.33. The lowest BCUT2D eigenvalue weighted by Gasteiger charge is -2.38. The van der Waals surface area contributed by atoms with Gasteiger partial charge < -0.3 is 24.7 Å². The predicted molar refractivity (Wildman–Crippen MR) is 125 cm³/mol. The Morgan fingerprint density at radius 3 is 2.45 bits per heavy atom. The molecule has 0 radical (unpaired) electrons. The highest BCUT2D eigenvalue weighted by Crippen LogP contribution is 2.29. The fraction of sp³-hybridized carbons (Fsp3) is 0.360. The summed E-state index contributed by atoms with van der Waals surface area (Å²) in [6, 6.07) is 12.2. The van der Waals surface area contributed by atoms with Crippen molar-refractivity contribution in [3.05, 3.63) is 76.5 Å². The molecule has 1 atom stereocenters. The van der Waals surface area contributed by atoms with Crippen LogP contribution >= 0.6 is 0 Å². The highest BCUT2D eigenvalue weighted by molar-refractivity contribution is 5.90. The average Bonchev–Trinajstić information content (AvgIpc) is 2.80. The molecule has 0 aliphatic carbocycles. The minimum atomic E-state index is -0.654. The monoisotopic (exact) mass is 453 g/mol. The van der Waals surface area contributed by atoms with Gasteiger partial charge in [0.25, 0.3) is 5.56 Å². The molecule has 1 fully saturated rings.